The molecule has 3 nitrogen and oxygen atoms in total. The van der Waals surface area contributed by atoms with Gasteiger partial charge in [0.1, 0.15) is 5.75 Å². The molecule has 1 aliphatic heterocycles. The molecular formula is C11H14N2O. The van der Waals surface area contributed by atoms with E-state index in [1.54, 1.807) is 7.11 Å². The quantitative estimate of drug-likeness (QED) is 0.711. The average Bonchev–Trinajstić information content (AvgIpc) is 2.97. The normalized spacial score (nSPS) is 20.6. The molecule has 1 saturated carbocycles. The van der Waals surface area contributed by atoms with Crippen LogP contribution in [0, 0.1) is 0 Å². The summed E-state index contributed by atoms with van der Waals surface area (Å²) in [5.41, 5.74) is 2.72. The van der Waals surface area contributed by atoms with E-state index in [-0.39, 0.29) is 0 Å². The van der Waals surface area contributed by atoms with Gasteiger partial charge in [0, 0.05) is 12.6 Å². The number of hydrogen-bond donors (Lipinski definition) is 2. The predicted molar refractivity (Wildman–Crippen MR) is 57.1 cm³/mol. The van der Waals surface area contributed by atoms with Crippen molar-refractivity contribution in [1.29, 1.82) is 0 Å². The zero-order valence-corrected chi connectivity index (χ0v) is 8.26. The first-order valence-electron chi connectivity index (χ1n) is 5.01. The Balaban J connectivity index is 1.95. The monoisotopic (exact) mass is 190 g/mol. The van der Waals surface area contributed by atoms with Crippen molar-refractivity contribution in [3.8, 4) is 5.75 Å². The van der Waals surface area contributed by atoms with Gasteiger partial charge in [-0.25, -0.2) is 0 Å². The highest BCUT2D eigenvalue weighted by Crippen LogP contribution is 2.44. The maximum atomic E-state index is 5.18. The fourth-order valence-electron chi connectivity index (χ4n) is 1.95. The van der Waals surface area contributed by atoms with Crippen molar-refractivity contribution in [3.05, 3.63) is 18.2 Å². The first kappa shape index (κ1) is 7.97. The molecule has 1 spiro atoms. The fraction of sp³-hybridized carbons (Fsp3) is 0.455. The van der Waals surface area contributed by atoms with Crippen molar-refractivity contribution in [1.82, 2.24) is 0 Å². The molecule has 0 saturated heterocycles. The SMILES string of the molecule is COc1ccc2c(c1)NCC1(CC1)N2. The lowest BCUT2D eigenvalue weighted by atomic mass is 10.1. The third kappa shape index (κ3) is 1.12. The summed E-state index contributed by atoms with van der Waals surface area (Å²) in [7, 11) is 1.69. The fourth-order valence-corrected chi connectivity index (χ4v) is 1.95. The molecule has 1 aliphatic carbocycles. The van der Waals surface area contributed by atoms with Crippen LogP contribution in [-0.4, -0.2) is 19.2 Å². The molecule has 0 bridgehead atoms. The van der Waals surface area contributed by atoms with Crippen LogP contribution in [0.15, 0.2) is 18.2 Å². The van der Waals surface area contributed by atoms with Gasteiger partial charge in [0.25, 0.3) is 0 Å². The summed E-state index contributed by atoms with van der Waals surface area (Å²) in [4.78, 5) is 0. The zero-order valence-electron chi connectivity index (χ0n) is 8.26. The van der Waals surface area contributed by atoms with E-state index in [0.29, 0.717) is 5.54 Å². The van der Waals surface area contributed by atoms with E-state index in [9.17, 15) is 0 Å². The average molecular weight is 190 g/mol. The second-order valence-electron chi connectivity index (χ2n) is 4.17. The van der Waals surface area contributed by atoms with E-state index in [1.807, 2.05) is 12.1 Å². The molecule has 1 heterocycles. The summed E-state index contributed by atoms with van der Waals surface area (Å²) in [5, 5.41) is 7.03. The van der Waals surface area contributed by atoms with Gasteiger partial charge < -0.3 is 15.4 Å². The number of hydrogen-bond acceptors (Lipinski definition) is 3. The molecule has 1 fully saturated rings. The van der Waals surface area contributed by atoms with Gasteiger partial charge >= 0.3 is 0 Å². The van der Waals surface area contributed by atoms with Crippen LogP contribution < -0.4 is 15.4 Å². The molecule has 0 unspecified atom stereocenters. The van der Waals surface area contributed by atoms with Crippen molar-refractivity contribution in [2.24, 2.45) is 0 Å². The lowest BCUT2D eigenvalue weighted by molar-refractivity contribution is 0.415. The molecular weight excluding hydrogens is 176 g/mol. The molecule has 2 aliphatic rings. The highest BCUT2D eigenvalue weighted by atomic mass is 16.5. The minimum Gasteiger partial charge on any atom is -0.497 e. The highest BCUT2D eigenvalue weighted by molar-refractivity contribution is 5.74. The van der Waals surface area contributed by atoms with Gasteiger partial charge in [-0.05, 0) is 25.0 Å². The van der Waals surface area contributed by atoms with Crippen molar-refractivity contribution >= 4 is 11.4 Å². The van der Waals surface area contributed by atoms with Crippen molar-refractivity contribution in [2.45, 2.75) is 18.4 Å². The van der Waals surface area contributed by atoms with Gasteiger partial charge in [0.15, 0.2) is 0 Å². The van der Waals surface area contributed by atoms with Crippen LogP contribution in [0.4, 0.5) is 11.4 Å². The van der Waals surface area contributed by atoms with Gasteiger partial charge in [0.2, 0.25) is 0 Å². The zero-order chi connectivity index (χ0) is 9.60. The van der Waals surface area contributed by atoms with Gasteiger partial charge in [-0.1, -0.05) is 0 Å². The topological polar surface area (TPSA) is 33.3 Å². The maximum Gasteiger partial charge on any atom is 0.121 e. The molecule has 0 amide bonds. The van der Waals surface area contributed by atoms with Crippen molar-refractivity contribution in [3.63, 3.8) is 0 Å². The van der Waals surface area contributed by atoms with E-state index in [2.05, 4.69) is 16.7 Å². The van der Waals surface area contributed by atoms with E-state index >= 15 is 0 Å². The third-order valence-electron chi connectivity index (χ3n) is 3.10. The Kier molecular flexibility index (Phi) is 1.46. The highest BCUT2D eigenvalue weighted by Gasteiger charge is 2.44. The number of fused-ring (bicyclic) bond motifs is 1. The summed E-state index contributed by atoms with van der Waals surface area (Å²) in [6, 6.07) is 6.12. The molecule has 1 aromatic rings. The van der Waals surface area contributed by atoms with Gasteiger partial charge in [-0.2, -0.15) is 0 Å². The molecule has 0 atom stereocenters. The Morgan fingerprint density at radius 1 is 1.29 bits per heavy atom. The van der Waals surface area contributed by atoms with Crippen LogP contribution >= 0.6 is 0 Å². The van der Waals surface area contributed by atoms with E-state index in [0.717, 1.165) is 18.0 Å². The number of rotatable bonds is 1. The van der Waals surface area contributed by atoms with Crippen molar-refractivity contribution in [2.75, 3.05) is 24.3 Å². The molecule has 3 rings (SSSR count). The summed E-state index contributed by atoms with van der Waals surface area (Å²) < 4.78 is 5.18. The lowest BCUT2D eigenvalue weighted by Gasteiger charge is -2.28. The first-order valence-corrected chi connectivity index (χ1v) is 5.01. The van der Waals surface area contributed by atoms with Gasteiger partial charge in [0.05, 0.1) is 24.0 Å². The number of methoxy groups -OCH3 is 1. The molecule has 14 heavy (non-hydrogen) atoms. The summed E-state index contributed by atoms with van der Waals surface area (Å²) >= 11 is 0. The minimum absolute atomic E-state index is 0.363. The van der Waals surface area contributed by atoms with E-state index in [1.165, 1.54) is 18.5 Å². The number of ether oxygens (including phenoxy) is 1. The number of benzene rings is 1. The standard InChI is InChI=1S/C11H14N2O/c1-14-8-2-3-9-10(6-8)12-7-11(13-9)4-5-11/h2-3,6,12-13H,4-5,7H2,1H3. The molecule has 3 heteroatoms. The Hall–Kier alpha value is -1.38. The Morgan fingerprint density at radius 2 is 2.14 bits per heavy atom. The van der Waals surface area contributed by atoms with Gasteiger partial charge in [-0.15, -0.1) is 0 Å². The number of nitrogens with one attached hydrogen (secondary N) is 2. The predicted octanol–water partition coefficient (Wildman–Crippen LogP) is 2.07. The van der Waals surface area contributed by atoms with Gasteiger partial charge in [-0.3, -0.25) is 0 Å². The van der Waals surface area contributed by atoms with Crippen LogP contribution in [0.3, 0.4) is 0 Å². The number of anilines is 2. The Morgan fingerprint density at radius 3 is 2.86 bits per heavy atom. The largest absolute Gasteiger partial charge is 0.497 e. The molecule has 1 aromatic carbocycles. The Bertz CT molecular complexity index is 372. The molecule has 74 valence electrons. The van der Waals surface area contributed by atoms with Crippen LogP contribution in [0.25, 0.3) is 0 Å². The second-order valence-corrected chi connectivity index (χ2v) is 4.17. The molecule has 0 radical (unpaired) electrons. The van der Waals surface area contributed by atoms with E-state index < -0.39 is 0 Å². The van der Waals surface area contributed by atoms with Crippen molar-refractivity contribution < 1.29 is 4.74 Å². The Labute approximate surface area is 83.5 Å². The summed E-state index contributed by atoms with van der Waals surface area (Å²) in [6.07, 6.45) is 2.57. The molecule has 0 aromatic heterocycles. The van der Waals surface area contributed by atoms with E-state index in [4.69, 9.17) is 4.74 Å². The summed E-state index contributed by atoms with van der Waals surface area (Å²) in [5.74, 6) is 0.907. The smallest absolute Gasteiger partial charge is 0.121 e. The molecule has 2 N–H and O–H groups in total. The van der Waals surface area contributed by atoms with Crippen LogP contribution in [-0.2, 0) is 0 Å². The minimum atomic E-state index is 0.363. The first-order chi connectivity index (χ1) is 6.81. The second kappa shape index (κ2) is 2.56. The third-order valence-corrected chi connectivity index (χ3v) is 3.10. The van der Waals surface area contributed by atoms with Crippen LogP contribution in [0.1, 0.15) is 12.8 Å². The lowest BCUT2D eigenvalue weighted by Crippen LogP contribution is -2.34. The van der Waals surface area contributed by atoms with Crippen LogP contribution in [0.2, 0.25) is 0 Å². The van der Waals surface area contributed by atoms with Crippen LogP contribution in [0.5, 0.6) is 5.75 Å². The summed E-state index contributed by atoms with van der Waals surface area (Å²) in [6.45, 7) is 1.03. The maximum absolute atomic E-state index is 5.18.